The predicted molar refractivity (Wildman–Crippen MR) is 82.8 cm³/mol. The van der Waals surface area contributed by atoms with E-state index in [2.05, 4.69) is 0 Å². The van der Waals surface area contributed by atoms with Gasteiger partial charge in [-0.05, 0) is 29.8 Å². The summed E-state index contributed by atoms with van der Waals surface area (Å²) in [6.45, 7) is -0.939. The van der Waals surface area contributed by atoms with Gasteiger partial charge in [-0.3, -0.25) is 4.79 Å². The van der Waals surface area contributed by atoms with Crippen LogP contribution in [-0.4, -0.2) is 20.9 Å². The highest BCUT2D eigenvalue weighted by atomic mass is 35.5. The summed E-state index contributed by atoms with van der Waals surface area (Å²) in [5.41, 5.74) is 0.618. The smallest absolute Gasteiger partial charge is 0.321 e. The van der Waals surface area contributed by atoms with Gasteiger partial charge in [0.2, 0.25) is 10.0 Å². The van der Waals surface area contributed by atoms with Crippen molar-refractivity contribution in [3.63, 3.8) is 0 Å². The molecule has 0 saturated carbocycles. The molecule has 5 nitrogen and oxygen atoms in total. The lowest BCUT2D eigenvalue weighted by Gasteiger charge is -2.09. The lowest BCUT2D eigenvalue weighted by atomic mass is 10.2. The molecular weight excluding hydrogens is 383 g/mol. The number of hydrogen-bond acceptors (Lipinski definition) is 4. The third-order valence-electron chi connectivity index (χ3n) is 3.01. The third-order valence-corrected chi connectivity index (χ3v) is 4.68. The Labute approximate surface area is 146 Å². The molecule has 25 heavy (non-hydrogen) atoms. The number of benzene rings is 2. The molecule has 0 spiro atoms. The molecule has 2 aromatic carbocycles. The van der Waals surface area contributed by atoms with Gasteiger partial charge in [0.05, 0.1) is 0 Å². The molecule has 1 N–H and O–H groups in total. The zero-order valence-corrected chi connectivity index (χ0v) is 14.0. The van der Waals surface area contributed by atoms with E-state index in [1.807, 2.05) is 0 Å². The van der Waals surface area contributed by atoms with E-state index in [0.29, 0.717) is 22.7 Å². The minimum Gasteiger partial charge on any atom is -0.460 e. The van der Waals surface area contributed by atoms with Crippen molar-refractivity contribution in [2.24, 2.45) is 0 Å². The van der Waals surface area contributed by atoms with E-state index in [1.54, 1.807) is 29.0 Å². The second kappa shape index (κ2) is 7.85. The second-order valence-corrected chi connectivity index (χ2v) is 6.96. The van der Waals surface area contributed by atoms with Gasteiger partial charge in [0.25, 0.3) is 0 Å². The quantitative estimate of drug-likeness (QED) is 0.605. The van der Waals surface area contributed by atoms with E-state index in [1.165, 1.54) is 0 Å². The molecule has 0 saturated heterocycles. The van der Waals surface area contributed by atoms with Crippen LogP contribution in [0.3, 0.4) is 0 Å². The Hall–Kier alpha value is -2.10. The standard InChI is InChI=1S/C15H11ClF3NO4S/c16-10-3-1-9(2-4-10)8-24-13(21)7-20-25(22,23)12-6-5-11(17)14(18)15(12)19/h1-6,20H,7-8H2. The number of sulfonamides is 1. The Morgan fingerprint density at radius 2 is 1.68 bits per heavy atom. The van der Waals surface area contributed by atoms with Crippen molar-refractivity contribution in [3.05, 3.63) is 64.4 Å². The highest BCUT2D eigenvalue weighted by molar-refractivity contribution is 7.89. The largest absolute Gasteiger partial charge is 0.460 e. The number of ether oxygens (including phenoxy) is 1. The first-order chi connectivity index (χ1) is 11.7. The molecule has 0 amide bonds. The highest BCUT2D eigenvalue weighted by Gasteiger charge is 2.24. The first kappa shape index (κ1) is 19.2. The van der Waals surface area contributed by atoms with Crippen LogP contribution < -0.4 is 4.72 Å². The molecule has 2 rings (SSSR count). The molecule has 10 heteroatoms. The maximum Gasteiger partial charge on any atom is 0.321 e. The number of halogens is 4. The Morgan fingerprint density at radius 3 is 2.32 bits per heavy atom. The van der Waals surface area contributed by atoms with Crippen LogP contribution in [0.15, 0.2) is 41.3 Å². The minimum atomic E-state index is -4.56. The number of nitrogens with one attached hydrogen (secondary N) is 1. The summed E-state index contributed by atoms with van der Waals surface area (Å²) in [5.74, 6) is -6.27. The van der Waals surface area contributed by atoms with Crippen LogP contribution in [-0.2, 0) is 26.2 Å². The zero-order valence-electron chi connectivity index (χ0n) is 12.4. The van der Waals surface area contributed by atoms with Crippen LogP contribution in [0.5, 0.6) is 0 Å². The molecular formula is C15H11ClF3NO4S. The molecule has 0 radical (unpaired) electrons. The molecule has 0 fully saturated rings. The Morgan fingerprint density at radius 1 is 1.04 bits per heavy atom. The molecule has 0 aliphatic carbocycles. The highest BCUT2D eigenvalue weighted by Crippen LogP contribution is 2.19. The van der Waals surface area contributed by atoms with Crippen molar-refractivity contribution < 1.29 is 31.1 Å². The normalized spacial score (nSPS) is 11.4. The number of carbonyl (C=O) groups excluding carboxylic acids is 1. The van der Waals surface area contributed by atoms with Gasteiger partial charge in [0, 0.05) is 5.02 Å². The van der Waals surface area contributed by atoms with E-state index in [9.17, 15) is 26.4 Å². The fraction of sp³-hybridized carbons (Fsp3) is 0.133. The topological polar surface area (TPSA) is 72.5 Å². The van der Waals surface area contributed by atoms with E-state index in [0.717, 1.165) is 0 Å². The van der Waals surface area contributed by atoms with Crippen molar-refractivity contribution in [1.82, 2.24) is 4.72 Å². The maximum atomic E-state index is 13.5. The fourth-order valence-electron chi connectivity index (χ4n) is 1.74. The summed E-state index contributed by atoms with van der Waals surface area (Å²) in [5, 5.41) is 0.497. The Bertz CT molecular complexity index is 888. The molecule has 0 atom stereocenters. The van der Waals surface area contributed by atoms with Crippen LogP contribution in [0.25, 0.3) is 0 Å². The van der Waals surface area contributed by atoms with Crippen LogP contribution in [0.4, 0.5) is 13.2 Å². The van der Waals surface area contributed by atoms with Gasteiger partial charge >= 0.3 is 5.97 Å². The number of carbonyl (C=O) groups is 1. The van der Waals surface area contributed by atoms with E-state index in [4.69, 9.17) is 16.3 Å². The number of esters is 1. The average Bonchev–Trinajstić information content (AvgIpc) is 2.57. The first-order valence-corrected chi connectivity index (χ1v) is 8.60. The summed E-state index contributed by atoms with van der Waals surface area (Å²) < 4.78 is 69.8. The summed E-state index contributed by atoms with van der Waals surface area (Å²) in [7, 11) is -4.56. The second-order valence-electron chi connectivity index (χ2n) is 4.79. The molecule has 0 aromatic heterocycles. The van der Waals surface area contributed by atoms with Crippen molar-refractivity contribution in [2.45, 2.75) is 11.5 Å². The molecule has 0 unspecified atom stereocenters. The Kier molecular flexibility index (Phi) is 6.04. The van der Waals surface area contributed by atoms with Gasteiger partial charge < -0.3 is 4.74 Å². The average molecular weight is 394 g/mol. The van der Waals surface area contributed by atoms with Crippen molar-refractivity contribution in [3.8, 4) is 0 Å². The van der Waals surface area contributed by atoms with Gasteiger partial charge in [-0.15, -0.1) is 0 Å². The summed E-state index contributed by atoms with van der Waals surface area (Å²) in [6.07, 6.45) is 0. The maximum absolute atomic E-state index is 13.5. The third kappa shape index (κ3) is 4.94. The summed E-state index contributed by atoms with van der Waals surface area (Å²) >= 11 is 5.70. The van der Waals surface area contributed by atoms with Gasteiger partial charge in [-0.2, -0.15) is 4.72 Å². The van der Waals surface area contributed by atoms with Gasteiger partial charge in [-0.25, -0.2) is 21.6 Å². The molecule has 134 valence electrons. The predicted octanol–water partition coefficient (Wildman–Crippen LogP) is 2.78. The summed E-state index contributed by atoms with van der Waals surface area (Å²) in [4.78, 5) is 10.5. The van der Waals surface area contributed by atoms with Gasteiger partial charge in [-0.1, -0.05) is 23.7 Å². The number of hydrogen-bond donors (Lipinski definition) is 1. The first-order valence-electron chi connectivity index (χ1n) is 6.74. The van der Waals surface area contributed by atoms with E-state index < -0.39 is 44.9 Å². The fourth-order valence-corrected chi connectivity index (χ4v) is 2.91. The lowest BCUT2D eigenvalue weighted by molar-refractivity contribution is -0.143. The van der Waals surface area contributed by atoms with Gasteiger partial charge in [0.15, 0.2) is 17.5 Å². The molecule has 0 bridgehead atoms. The van der Waals surface area contributed by atoms with Crippen LogP contribution in [0, 0.1) is 17.5 Å². The molecule has 0 aliphatic heterocycles. The van der Waals surface area contributed by atoms with Crippen molar-refractivity contribution in [2.75, 3.05) is 6.54 Å². The molecule has 0 aliphatic rings. The van der Waals surface area contributed by atoms with Crippen LogP contribution in [0.1, 0.15) is 5.56 Å². The SMILES string of the molecule is O=C(CNS(=O)(=O)c1ccc(F)c(F)c1F)OCc1ccc(Cl)cc1. The van der Waals surface area contributed by atoms with E-state index >= 15 is 0 Å². The van der Waals surface area contributed by atoms with Crippen LogP contribution in [0.2, 0.25) is 5.02 Å². The number of rotatable bonds is 6. The lowest BCUT2D eigenvalue weighted by Crippen LogP contribution is -2.31. The van der Waals surface area contributed by atoms with E-state index in [-0.39, 0.29) is 6.61 Å². The Balaban J connectivity index is 1.96. The van der Waals surface area contributed by atoms with Crippen molar-refractivity contribution in [1.29, 1.82) is 0 Å². The van der Waals surface area contributed by atoms with Crippen molar-refractivity contribution >= 4 is 27.6 Å². The molecule has 0 heterocycles. The van der Waals surface area contributed by atoms with Crippen LogP contribution >= 0.6 is 11.6 Å². The minimum absolute atomic E-state index is 0.128. The summed E-state index contributed by atoms with van der Waals surface area (Å²) in [6, 6.07) is 7.40. The monoisotopic (exact) mass is 393 g/mol. The zero-order chi connectivity index (χ0) is 18.6. The van der Waals surface area contributed by atoms with Gasteiger partial charge in [0.1, 0.15) is 18.0 Å². The molecule has 2 aromatic rings.